The number of rotatable bonds is 2. The maximum Gasteiger partial charge on any atom is 0.513 e. The molecule has 0 aliphatic heterocycles. The van der Waals surface area contributed by atoms with Gasteiger partial charge in [-0.25, -0.2) is 14.4 Å². The van der Waals surface area contributed by atoms with E-state index in [1.54, 1.807) is 0 Å². The first-order valence-corrected chi connectivity index (χ1v) is 4.21. The molecule has 0 aromatic heterocycles. The minimum Gasteiger partial charge on any atom is -0.478 e. The molecule has 0 saturated carbocycles. The quantitative estimate of drug-likeness (QED) is 0.583. The lowest BCUT2D eigenvalue weighted by Gasteiger charge is -2.05. The van der Waals surface area contributed by atoms with E-state index in [0.29, 0.717) is 0 Å². The van der Waals surface area contributed by atoms with Crippen LogP contribution in [-0.4, -0.2) is 28.3 Å². The molecule has 1 aromatic carbocycles. The van der Waals surface area contributed by atoms with Gasteiger partial charge in [0.05, 0.1) is 11.1 Å². The minimum atomic E-state index is -1.73. The number of ether oxygens (including phenoxy) is 1. The molecule has 0 unspecified atom stereocenters. The average Bonchev–Trinajstić information content (AvgIpc) is 2.16. The van der Waals surface area contributed by atoms with Gasteiger partial charge in [-0.05, 0) is 24.6 Å². The van der Waals surface area contributed by atoms with Gasteiger partial charge < -0.3 is 14.9 Å². The molecule has 1 rings (SSSR count). The van der Waals surface area contributed by atoms with Crippen LogP contribution in [0.2, 0.25) is 0 Å². The fourth-order valence-corrected chi connectivity index (χ4v) is 1.22. The second-order valence-electron chi connectivity index (χ2n) is 2.94. The van der Waals surface area contributed by atoms with E-state index in [9.17, 15) is 14.4 Å². The van der Waals surface area contributed by atoms with Crippen LogP contribution in [0.5, 0.6) is 0 Å². The fraction of sp³-hybridized carbons (Fsp3) is 0.100. The molecule has 0 heterocycles. The molecule has 6 heteroatoms. The Morgan fingerprint density at radius 3 is 2.19 bits per heavy atom. The summed E-state index contributed by atoms with van der Waals surface area (Å²) in [5.41, 5.74) is 0.0170. The fourth-order valence-electron chi connectivity index (χ4n) is 1.22. The molecule has 0 saturated heterocycles. The van der Waals surface area contributed by atoms with Crippen molar-refractivity contribution in [3.63, 3.8) is 0 Å². The number of esters is 1. The number of carbonyl (C=O) groups excluding carboxylic acids is 1. The van der Waals surface area contributed by atoms with Crippen molar-refractivity contribution in [3.8, 4) is 0 Å². The van der Waals surface area contributed by atoms with Crippen molar-refractivity contribution < 1.29 is 29.3 Å². The number of hydrogen-bond acceptors (Lipinski definition) is 4. The van der Waals surface area contributed by atoms with Gasteiger partial charge >= 0.3 is 18.1 Å². The van der Waals surface area contributed by atoms with E-state index in [4.69, 9.17) is 10.2 Å². The normalized spacial score (nSPS) is 9.56. The Balaban J connectivity index is 3.15. The molecule has 0 fully saturated rings. The second kappa shape index (κ2) is 4.43. The van der Waals surface area contributed by atoms with Crippen molar-refractivity contribution in [2.45, 2.75) is 6.92 Å². The Labute approximate surface area is 90.1 Å². The van der Waals surface area contributed by atoms with E-state index in [-0.39, 0.29) is 16.7 Å². The lowest BCUT2D eigenvalue weighted by molar-refractivity contribution is 0.0508. The molecule has 6 nitrogen and oxygen atoms in total. The van der Waals surface area contributed by atoms with Gasteiger partial charge in [0.1, 0.15) is 0 Å². The van der Waals surface area contributed by atoms with Crippen molar-refractivity contribution in [2.75, 3.05) is 0 Å². The van der Waals surface area contributed by atoms with E-state index >= 15 is 0 Å². The summed E-state index contributed by atoms with van der Waals surface area (Å²) in [6, 6.07) is 3.96. The zero-order chi connectivity index (χ0) is 12.3. The lowest BCUT2D eigenvalue weighted by atomic mass is 10.0. The van der Waals surface area contributed by atoms with Crippen LogP contribution in [0.1, 0.15) is 26.3 Å². The first-order chi connectivity index (χ1) is 7.43. The van der Waals surface area contributed by atoms with Crippen LogP contribution in [0, 0.1) is 6.92 Å². The molecule has 0 bridgehead atoms. The Morgan fingerprint density at radius 1 is 1.12 bits per heavy atom. The molecule has 0 aliphatic rings. The van der Waals surface area contributed by atoms with Crippen LogP contribution in [0.15, 0.2) is 18.2 Å². The van der Waals surface area contributed by atoms with Crippen molar-refractivity contribution in [1.82, 2.24) is 0 Å². The predicted molar refractivity (Wildman–Crippen MR) is 51.6 cm³/mol. The number of benzene rings is 1. The topological polar surface area (TPSA) is 101 Å². The van der Waals surface area contributed by atoms with E-state index in [0.717, 1.165) is 0 Å². The molecular formula is C10H8O6. The van der Waals surface area contributed by atoms with Crippen molar-refractivity contribution in [3.05, 3.63) is 34.9 Å². The number of hydrogen-bond donors (Lipinski definition) is 2. The van der Waals surface area contributed by atoms with Crippen molar-refractivity contribution >= 4 is 18.1 Å². The molecule has 0 atom stereocenters. The van der Waals surface area contributed by atoms with Crippen molar-refractivity contribution in [2.24, 2.45) is 0 Å². The van der Waals surface area contributed by atoms with Gasteiger partial charge in [-0.1, -0.05) is 6.07 Å². The van der Waals surface area contributed by atoms with Crippen LogP contribution in [0.25, 0.3) is 0 Å². The Hall–Kier alpha value is -2.37. The van der Waals surface area contributed by atoms with Crippen LogP contribution >= 0.6 is 0 Å². The van der Waals surface area contributed by atoms with Gasteiger partial charge in [0, 0.05) is 0 Å². The van der Waals surface area contributed by atoms with Gasteiger partial charge in [-0.2, -0.15) is 0 Å². The third kappa shape index (κ3) is 2.35. The SMILES string of the molecule is Cc1c(C(=O)O)cccc1C(=O)OC(=O)O. The van der Waals surface area contributed by atoms with E-state index in [2.05, 4.69) is 4.74 Å². The summed E-state index contributed by atoms with van der Waals surface area (Å²) >= 11 is 0. The van der Waals surface area contributed by atoms with Gasteiger partial charge in [-0.3, -0.25) is 0 Å². The molecular weight excluding hydrogens is 216 g/mol. The van der Waals surface area contributed by atoms with E-state index in [1.807, 2.05) is 0 Å². The van der Waals surface area contributed by atoms with E-state index < -0.39 is 18.1 Å². The van der Waals surface area contributed by atoms with Crippen molar-refractivity contribution in [1.29, 1.82) is 0 Å². The highest BCUT2D eigenvalue weighted by Crippen LogP contribution is 2.15. The van der Waals surface area contributed by atoms with Gasteiger partial charge in [0.25, 0.3) is 0 Å². The standard InChI is InChI=1S/C10H8O6/c1-5-6(8(11)12)3-2-4-7(5)9(13)16-10(14)15/h2-4H,1H3,(H,11,12)(H,14,15). The Morgan fingerprint density at radius 2 is 1.69 bits per heavy atom. The number of aromatic carboxylic acids is 1. The Kier molecular flexibility index (Phi) is 3.24. The summed E-state index contributed by atoms with van der Waals surface area (Å²) in [4.78, 5) is 32.2. The number of carbonyl (C=O) groups is 3. The maximum absolute atomic E-state index is 11.3. The van der Waals surface area contributed by atoms with Crippen LogP contribution in [-0.2, 0) is 4.74 Å². The molecule has 0 aliphatic carbocycles. The molecule has 84 valence electrons. The largest absolute Gasteiger partial charge is 0.513 e. The third-order valence-electron chi connectivity index (χ3n) is 1.96. The first-order valence-electron chi connectivity index (χ1n) is 4.21. The minimum absolute atomic E-state index is 0.0696. The number of carboxylic acid groups (broad SMARTS) is 2. The Bertz CT molecular complexity index is 462. The zero-order valence-corrected chi connectivity index (χ0v) is 8.26. The molecule has 0 spiro atoms. The zero-order valence-electron chi connectivity index (χ0n) is 8.26. The van der Waals surface area contributed by atoms with E-state index in [1.165, 1.54) is 25.1 Å². The highest BCUT2D eigenvalue weighted by molar-refractivity contribution is 5.99. The lowest BCUT2D eigenvalue weighted by Crippen LogP contribution is -2.13. The second-order valence-corrected chi connectivity index (χ2v) is 2.94. The van der Waals surface area contributed by atoms with Gasteiger partial charge in [-0.15, -0.1) is 0 Å². The van der Waals surface area contributed by atoms with Crippen LogP contribution < -0.4 is 0 Å². The number of carboxylic acids is 1. The summed E-state index contributed by atoms with van der Waals surface area (Å²) in [5, 5.41) is 17.0. The summed E-state index contributed by atoms with van der Waals surface area (Å²) in [7, 11) is 0. The van der Waals surface area contributed by atoms with Gasteiger partial charge in [0.2, 0.25) is 0 Å². The van der Waals surface area contributed by atoms with Crippen LogP contribution in [0.3, 0.4) is 0 Å². The highest BCUT2D eigenvalue weighted by atomic mass is 16.7. The molecule has 16 heavy (non-hydrogen) atoms. The summed E-state index contributed by atoms with van der Waals surface area (Å²) in [6.07, 6.45) is -1.73. The summed E-state index contributed by atoms with van der Waals surface area (Å²) in [6.45, 7) is 1.40. The molecule has 0 amide bonds. The predicted octanol–water partition coefficient (Wildman–Crippen LogP) is 1.53. The monoisotopic (exact) mass is 224 g/mol. The summed E-state index contributed by atoms with van der Waals surface area (Å²) in [5.74, 6) is -2.28. The smallest absolute Gasteiger partial charge is 0.478 e. The first kappa shape index (κ1) is 11.7. The highest BCUT2D eigenvalue weighted by Gasteiger charge is 2.18. The maximum atomic E-state index is 11.3. The molecule has 2 N–H and O–H groups in total. The third-order valence-corrected chi connectivity index (χ3v) is 1.96. The van der Waals surface area contributed by atoms with Crippen LogP contribution in [0.4, 0.5) is 4.79 Å². The van der Waals surface area contributed by atoms with Gasteiger partial charge in [0.15, 0.2) is 0 Å². The molecule has 1 aromatic rings. The summed E-state index contributed by atoms with van der Waals surface area (Å²) < 4.78 is 3.94. The molecule has 0 radical (unpaired) electrons. The average molecular weight is 224 g/mol.